The molecule has 0 spiro atoms. The van der Waals surface area contributed by atoms with Gasteiger partial charge in [-0.05, 0) is 57.1 Å². The van der Waals surface area contributed by atoms with Crippen LogP contribution in [0.1, 0.15) is 43.4 Å². The number of aryl methyl sites for hydroxylation is 1. The number of hydrogen-bond donors (Lipinski definition) is 1. The van der Waals surface area contributed by atoms with Gasteiger partial charge in [-0.15, -0.1) is 0 Å². The maximum atomic E-state index is 5.93. The van der Waals surface area contributed by atoms with E-state index in [2.05, 4.69) is 10.3 Å². The van der Waals surface area contributed by atoms with Gasteiger partial charge in [-0.25, -0.2) is 9.97 Å². The summed E-state index contributed by atoms with van der Waals surface area (Å²) in [7, 11) is 0. The van der Waals surface area contributed by atoms with E-state index in [0.29, 0.717) is 18.1 Å². The third-order valence-corrected chi connectivity index (χ3v) is 5.97. The van der Waals surface area contributed by atoms with Crippen molar-refractivity contribution in [3.05, 3.63) is 35.8 Å². The van der Waals surface area contributed by atoms with E-state index in [1.54, 1.807) is 12.4 Å². The predicted molar refractivity (Wildman–Crippen MR) is 96.4 cm³/mol. The summed E-state index contributed by atoms with van der Waals surface area (Å²) in [6.07, 6.45) is 12.2. The lowest BCUT2D eigenvalue weighted by molar-refractivity contribution is 0.0619. The molecule has 3 unspecified atom stereocenters. The lowest BCUT2D eigenvalue weighted by atomic mass is 9.82. The first-order valence-electron chi connectivity index (χ1n) is 9.57. The Morgan fingerprint density at radius 2 is 1.92 bits per heavy atom. The Kier molecular flexibility index (Phi) is 3.89. The zero-order valence-corrected chi connectivity index (χ0v) is 14.4. The van der Waals surface area contributed by atoms with Crippen molar-refractivity contribution >= 4 is 5.82 Å². The van der Waals surface area contributed by atoms with Crippen LogP contribution in [0.25, 0.3) is 11.4 Å². The van der Waals surface area contributed by atoms with Crippen molar-refractivity contribution in [2.75, 3.05) is 11.9 Å². The number of aromatic nitrogens is 3. The molecule has 1 saturated heterocycles. The molecule has 5 nitrogen and oxygen atoms in total. The Labute approximate surface area is 148 Å². The van der Waals surface area contributed by atoms with E-state index in [1.807, 2.05) is 12.1 Å². The number of ether oxygens (including phenoxy) is 1. The highest BCUT2D eigenvalue weighted by Crippen LogP contribution is 2.37. The van der Waals surface area contributed by atoms with E-state index in [9.17, 15) is 0 Å². The van der Waals surface area contributed by atoms with Crippen molar-refractivity contribution in [2.45, 2.75) is 57.1 Å². The van der Waals surface area contributed by atoms with Gasteiger partial charge in [0.05, 0.1) is 6.10 Å². The third-order valence-electron chi connectivity index (χ3n) is 5.97. The Hall–Kier alpha value is -2.01. The highest BCUT2D eigenvalue weighted by atomic mass is 16.5. The molecule has 0 radical (unpaired) electrons. The van der Waals surface area contributed by atoms with Gasteiger partial charge in [0.1, 0.15) is 5.82 Å². The van der Waals surface area contributed by atoms with Gasteiger partial charge < -0.3 is 10.1 Å². The molecule has 3 atom stereocenters. The number of nitrogens with one attached hydrogen (secondary N) is 1. The van der Waals surface area contributed by atoms with Crippen molar-refractivity contribution in [2.24, 2.45) is 5.92 Å². The standard InChI is InChI=1S/C20H24N4O/c1-3-15-17(4-1)22-19(13-7-10-21-11-8-13)24-20(15)23-16-5-2-6-18-14(16)9-12-25-18/h7-8,10-11,14,16,18H,1-6,9,12H2,(H,22,23,24). The van der Waals surface area contributed by atoms with Crippen LogP contribution in [-0.2, 0) is 17.6 Å². The monoisotopic (exact) mass is 336 g/mol. The maximum absolute atomic E-state index is 5.93. The minimum Gasteiger partial charge on any atom is -0.378 e. The average Bonchev–Trinajstić information content (AvgIpc) is 3.32. The molecule has 2 fully saturated rings. The number of nitrogens with zero attached hydrogens (tertiary/aromatic N) is 3. The quantitative estimate of drug-likeness (QED) is 0.931. The molecule has 1 N–H and O–H groups in total. The molecule has 3 aliphatic rings. The molecule has 2 aromatic heterocycles. The van der Waals surface area contributed by atoms with E-state index in [1.165, 1.54) is 43.4 Å². The molecular weight excluding hydrogens is 312 g/mol. The zero-order chi connectivity index (χ0) is 16.6. The normalized spacial score (nSPS) is 27.8. The highest BCUT2D eigenvalue weighted by Gasteiger charge is 2.38. The second-order valence-corrected chi connectivity index (χ2v) is 7.45. The molecule has 1 aliphatic heterocycles. The summed E-state index contributed by atoms with van der Waals surface area (Å²) in [5, 5.41) is 3.82. The molecule has 0 bridgehead atoms. The van der Waals surface area contributed by atoms with Gasteiger partial charge in [-0.2, -0.15) is 0 Å². The average molecular weight is 336 g/mol. The van der Waals surface area contributed by atoms with Crippen molar-refractivity contribution in [3.63, 3.8) is 0 Å². The van der Waals surface area contributed by atoms with Crippen LogP contribution in [0, 0.1) is 5.92 Å². The molecule has 3 heterocycles. The van der Waals surface area contributed by atoms with Crippen molar-refractivity contribution in [3.8, 4) is 11.4 Å². The Morgan fingerprint density at radius 1 is 1.00 bits per heavy atom. The van der Waals surface area contributed by atoms with E-state index < -0.39 is 0 Å². The number of hydrogen-bond acceptors (Lipinski definition) is 5. The third kappa shape index (κ3) is 2.80. The van der Waals surface area contributed by atoms with Crippen LogP contribution in [0.2, 0.25) is 0 Å². The molecule has 0 amide bonds. The minimum atomic E-state index is 0.445. The van der Waals surface area contributed by atoms with Gasteiger partial charge in [-0.1, -0.05) is 0 Å². The van der Waals surface area contributed by atoms with Crippen LogP contribution in [-0.4, -0.2) is 33.7 Å². The highest BCUT2D eigenvalue weighted by molar-refractivity contribution is 5.60. The van der Waals surface area contributed by atoms with Gasteiger partial charge in [0.2, 0.25) is 0 Å². The van der Waals surface area contributed by atoms with Crippen LogP contribution < -0.4 is 5.32 Å². The van der Waals surface area contributed by atoms with Crippen LogP contribution in [0.4, 0.5) is 5.82 Å². The molecule has 2 aromatic rings. The smallest absolute Gasteiger partial charge is 0.161 e. The molecule has 5 rings (SSSR count). The lowest BCUT2D eigenvalue weighted by Crippen LogP contribution is -2.38. The molecule has 25 heavy (non-hydrogen) atoms. The summed E-state index contributed by atoms with van der Waals surface area (Å²) in [6, 6.07) is 4.45. The summed E-state index contributed by atoms with van der Waals surface area (Å²) < 4.78 is 5.93. The molecule has 1 saturated carbocycles. The number of pyridine rings is 1. The summed E-state index contributed by atoms with van der Waals surface area (Å²) in [5.41, 5.74) is 3.59. The molecule has 130 valence electrons. The van der Waals surface area contributed by atoms with Gasteiger partial charge >= 0.3 is 0 Å². The zero-order valence-electron chi connectivity index (χ0n) is 14.4. The fourth-order valence-corrected chi connectivity index (χ4v) is 4.71. The second-order valence-electron chi connectivity index (χ2n) is 7.45. The summed E-state index contributed by atoms with van der Waals surface area (Å²) >= 11 is 0. The maximum Gasteiger partial charge on any atom is 0.161 e. The summed E-state index contributed by atoms with van der Waals surface area (Å²) in [4.78, 5) is 13.9. The van der Waals surface area contributed by atoms with Crippen molar-refractivity contribution in [1.29, 1.82) is 0 Å². The van der Waals surface area contributed by atoms with Gasteiger partial charge in [0.15, 0.2) is 5.82 Å². The van der Waals surface area contributed by atoms with Crippen molar-refractivity contribution < 1.29 is 4.74 Å². The Morgan fingerprint density at radius 3 is 2.84 bits per heavy atom. The van der Waals surface area contributed by atoms with E-state index in [4.69, 9.17) is 14.7 Å². The minimum absolute atomic E-state index is 0.445. The predicted octanol–water partition coefficient (Wildman–Crippen LogP) is 3.40. The fraction of sp³-hybridized carbons (Fsp3) is 0.550. The molecule has 0 aromatic carbocycles. The Balaban J connectivity index is 1.49. The number of anilines is 1. The second kappa shape index (κ2) is 6.37. The Bertz CT molecular complexity index is 764. The van der Waals surface area contributed by atoms with Gasteiger partial charge in [-0.3, -0.25) is 4.98 Å². The van der Waals surface area contributed by atoms with Gasteiger partial charge in [0, 0.05) is 47.8 Å². The van der Waals surface area contributed by atoms with Crippen LogP contribution in [0.15, 0.2) is 24.5 Å². The van der Waals surface area contributed by atoms with E-state index in [-0.39, 0.29) is 0 Å². The first-order valence-corrected chi connectivity index (χ1v) is 9.57. The first-order chi connectivity index (χ1) is 12.4. The molecule has 2 aliphatic carbocycles. The summed E-state index contributed by atoms with van der Waals surface area (Å²) in [6.45, 7) is 0.914. The SMILES string of the molecule is c1cc(-c2nc3c(c(NC4CCCC5OCCC45)n2)CCC3)ccn1. The van der Waals surface area contributed by atoms with Gasteiger partial charge in [0.25, 0.3) is 0 Å². The van der Waals surface area contributed by atoms with E-state index in [0.717, 1.165) is 36.7 Å². The molecule has 5 heteroatoms. The largest absolute Gasteiger partial charge is 0.378 e. The lowest BCUT2D eigenvalue weighted by Gasteiger charge is -2.34. The van der Waals surface area contributed by atoms with Crippen LogP contribution in [0.3, 0.4) is 0 Å². The summed E-state index contributed by atoms with van der Waals surface area (Å²) in [5.74, 6) is 2.51. The van der Waals surface area contributed by atoms with Crippen molar-refractivity contribution in [1.82, 2.24) is 15.0 Å². The number of fused-ring (bicyclic) bond motifs is 2. The van der Waals surface area contributed by atoms with Crippen LogP contribution in [0.5, 0.6) is 0 Å². The van der Waals surface area contributed by atoms with E-state index >= 15 is 0 Å². The topological polar surface area (TPSA) is 59.9 Å². The molecular formula is C20H24N4O. The fourth-order valence-electron chi connectivity index (χ4n) is 4.71. The van der Waals surface area contributed by atoms with Crippen LogP contribution >= 0.6 is 0 Å². The number of rotatable bonds is 3. The first kappa shape index (κ1) is 15.3.